The molecule has 0 saturated heterocycles. The van der Waals surface area contributed by atoms with Crippen molar-refractivity contribution in [3.8, 4) is 0 Å². The molecule has 0 atom stereocenters. The molecule has 1 N–H and O–H groups in total. The number of benzene rings is 2. The molecule has 10 heteroatoms. The fourth-order valence-corrected chi connectivity index (χ4v) is 3.08. The highest BCUT2D eigenvalue weighted by atomic mass is 35.5. The van der Waals surface area contributed by atoms with Crippen LogP contribution in [0.2, 0.25) is 5.02 Å². The van der Waals surface area contributed by atoms with E-state index in [0.717, 1.165) is 36.9 Å². The number of halogens is 4. The molecular formula is C23H24ClF3N2O3S. The van der Waals surface area contributed by atoms with Crippen LogP contribution in [0, 0.1) is 0 Å². The number of alkyl halides is 3. The molecule has 0 radical (unpaired) electrons. The Morgan fingerprint density at radius 3 is 2.18 bits per heavy atom. The van der Waals surface area contributed by atoms with Gasteiger partial charge in [-0.05, 0) is 55.5 Å². The average Bonchev–Trinajstić information content (AvgIpc) is 2.75. The minimum atomic E-state index is -5.84. The van der Waals surface area contributed by atoms with Gasteiger partial charge in [0.15, 0.2) is 0 Å². The predicted molar refractivity (Wildman–Crippen MR) is 123 cm³/mol. The molecule has 0 fully saturated rings. The summed E-state index contributed by atoms with van der Waals surface area (Å²) in [4.78, 5) is 4.70. The van der Waals surface area contributed by atoms with E-state index in [1.54, 1.807) is 0 Å². The van der Waals surface area contributed by atoms with Crippen LogP contribution in [-0.2, 0) is 29.5 Å². The topological polar surface area (TPSA) is 71.7 Å². The lowest BCUT2D eigenvalue weighted by molar-refractivity contribution is -0.0510. The number of pyridine rings is 1. The number of hydrogen-bond acceptors (Lipinski definition) is 3. The smallest absolute Gasteiger partial charge is 0.353 e. The Balaban J connectivity index is 0.000000414. The van der Waals surface area contributed by atoms with Crippen molar-refractivity contribution in [1.82, 2.24) is 4.57 Å². The third-order valence-electron chi connectivity index (χ3n) is 4.54. The Morgan fingerprint density at radius 2 is 1.61 bits per heavy atom. The summed E-state index contributed by atoms with van der Waals surface area (Å²) < 4.78 is 59.6. The largest absolute Gasteiger partial charge is 0.522 e. The summed E-state index contributed by atoms with van der Waals surface area (Å²) in [5.41, 5.74) is -1.88. The van der Waals surface area contributed by atoms with Crippen molar-refractivity contribution in [1.29, 1.82) is 0 Å². The van der Waals surface area contributed by atoms with E-state index in [1.165, 1.54) is 11.1 Å². The number of aromatic nitrogens is 1. The van der Waals surface area contributed by atoms with Gasteiger partial charge in [-0.15, -0.1) is 0 Å². The number of nitrogens with zero attached hydrogens (tertiary/aromatic N) is 2. The van der Waals surface area contributed by atoms with E-state index in [-0.39, 0.29) is 0 Å². The van der Waals surface area contributed by atoms with Crippen LogP contribution in [0.3, 0.4) is 0 Å². The zero-order chi connectivity index (χ0) is 24.5. The minimum Gasteiger partial charge on any atom is -0.353 e. The summed E-state index contributed by atoms with van der Waals surface area (Å²) in [6, 6.07) is 21.0. The first kappa shape index (κ1) is 26.6. The zero-order valence-electron chi connectivity index (χ0n) is 17.8. The average molecular weight is 501 g/mol. The van der Waals surface area contributed by atoms with E-state index in [2.05, 4.69) is 55.5 Å². The van der Waals surface area contributed by atoms with E-state index in [4.69, 9.17) is 29.6 Å². The summed E-state index contributed by atoms with van der Waals surface area (Å²) in [6.07, 6.45) is 7.22. The van der Waals surface area contributed by atoms with Crippen molar-refractivity contribution in [2.75, 3.05) is 0 Å². The van der Waals surface area contributed by atoms with Crippen molar-refractivity contribution in [2.24, 2.45) is 4.99 Å². The molecule has 0 spiro atoms. The van der Waals surface area contributed by atoms with E-state index in [0.29, 0.717) is 5.02 Å². The van der Waals surface area contributed by atoms with E-state index >= 15 is 0 Å². The quantitative estimate of drug-likeness (QED) is 0.335. The predicted octanol–water partition coefficient (Wildman–Crippen LogP) is 5.96. The number of hydrogen-bond donors (Lipinski definition) is 1. The highest BCUT2D eigenvalue weighted by Crippen LogP contribution is 2.20. The monoisotopic (exact) mass is 500 g/mol. The molecule has 0 unspecified atom stereocenters. The zero-order valence-corrected chi connectivity index (χ0v) is 19.4. The van der Waals surface area contributed by atoms with Crippen molar-refractivity contribution >= 4 is 27.4 Å². The van der Waals surface area contributed by atoms with Crippen LogP contribution in [0.15, 0.2) is 78.0 Å². The van der Waals surface area contributed by atoms with Crippen molar-refractivity contribution in [2.45, 2.75) is 38.2 Å². The van der Waals surface area contributed by atoms with Crippen molar-refractivity contribution in [3.05, 3.63) is 94.6 Å². The Morgan fingerprint density at radius 1 is 1.00 bits per heavy atom. The van der Waals surface area contributed by atoms with Gasteiger partial charge in [-0.25, -0.2) is 4.99 Å². The van der Waals surface area contributed by atoms with Crippen LogP contribution in [0.4, 0.5) is 18.9 Å². The fourth-order valence-electron chi connectivity index (χ4n) is 2.85. The summed E-state index contributed by atoms with van der Waals surface area (Å²) in [5, 5.41) is 1.49. The van der Waals surface area contributed by atoms with Gasteiger partial charge < -0.3 is 4.57 Å². The van der Waals surface area contributed by atoms with Gasteiger partial charge in [0.05, 0.1) is 16.1 Å². The number of rotatable bonds is 6. The van der Waals surface area contributed by atoms with Crippen LogP contribution in [0.25, 0.3) is 0 Å². The summed E-state index contributed by atoms with van der Waals surface area (Å²) in [5.74, 6) is 0. The minimum absolute atomic E-state index is 0.679. The highest BCUT2D eigenvalue weighted by molar-refractivity contribution is 7.86. The first-order chi connectivity index (χ1) is 15.5. The van der Waals surface area contributed by atoms with Crippen LogP contribution >= 0.6 is 11.6 Å². The van der Waals surface area contributed by atoms with Gasteiger partial charge in [0.1, 0.15) is 0 Å². The lowest BCUT2D eigenvalue weighted by atomic mass is 10.0. The molecule has 5 nitrogen and oxygen atoms in total. The molecule has 1 heterocycles. The lowest BCUT2D eigenvalue weighted by Gasteiger charge is -2.05. The van der Waals surface area contributed by atoms with Crippen molar-refractivity contribution in [3.63, 3.8) is 0 Å². The second-order valence-corrected chi connectivity index (χ2v) is 8.87. The van der Waals surface area contributed by atoms with Gasteiger partial charge in [-0.2, -0.15) is 21.6 Å². The van der Waals surface area contributed by atoms with Gasteiger partial charge in [-0.1, -0.05) is 54.1 Å². The van der Waals surface area contributed by atoms with Crippen molar-refractivity contribution < 1.29 is 26.1 Å². The third-order valence-corrected chi connectivity index (χ3v) is 5.42. The highest BCUT2D eigenvalue weighted by Gasteiger charge is 2.44. The maximum absolute atomic E-state index is 10.7. The second-order valence-electron chi connectivity index (χ2n) is 7.05. The molecule has 178 valence electrons. The van der Waals surface area contributed by atoms with E-state index in [1.807, 2.05) is 29.1 Å². The standard InChI is InChI=1S/C22H23ClN2.CHF3O3S/c1-2-25-15-14-22(21(23)17-25)24-20-13-7-12-19(16-20)11-6-10-18-8-4-3-5-9-18;2-1(3,4)8(5,6)7/h3-5,7-9,12-17H,2,6,10-11H2,1H3;(H,5,6,7). The maximum atomic E-state index is 10.7. The van der Waals surface area contributed by atoms with Gasteiger partial charge in [-0.3, -0.25) is 4.55 Å². The first-order valence-corrected chi connectivity index (χ1v) is 11.9. The molecule has 0 aliphatic carbocycles. The Kier molecular flexibility index (Phi) is 9.70. The number of aryl methyl sites for hydroxylation is 3. The molecule has 0 saturated carbocycles. The van der Waals surface area contributed by atoms with Gasteiger partial charge in [0.2, 0.25) is 0 Å². The molecule has 3 aromatic rings. The molecule has 2 aromatic carbocycles. The Hall–Kier alpha value is -2.62. The third kappa shape index (κ3) is 9.03. The molecule has 0 aliphatic heterocycles. The second kappa shape index (κ2) is 12.0. The Bertz CT molecular complexity index is 1210. The van der Waals surface area contributed by atoms with Crippen LogP contribution in [0.5, 0.6) is 0 Å². The van der Waals surface area contributed by atoms with Crippen LogP contribution in [-0.4, -0.2) is 23.0 Å². The van der Waals surface area contributed by atoms with E-state index in [9.17, 15) is 13.2 Å². The molecule has 33 heavy (non-hydrogen) atoms. The van der Waals surface area contributed by atoms with Crippen LogP contribution < -0.4 is 5.36 Å². The normalized spacial score (nSPS) is 12.2. The van der Waals surface area contributed by atoms with Gasteiger partial charge >= 0.3 is 15.6 Å². The lowest BCUT2D eigenvalue weighted by Crippen LogP contribution is -2.21. The molecule has 0 amide bonds. The van der Waals surface area contributed by atoms with Gasteiger partial charge in [0.25, 0.3) is 0 Å². The van der Waals surface area contributed by atoms with Gasteiger partial charge in [0, 0.05) is 18.9 Å². The summed E-state index contributed by atoms with van der Waals surface area (Å²) in [6.45, 7) is 2.99. The first-order valence-electron chi connectivity index (χ1n) is 10.1. The summed E-state index contributed by atoms with van der Waals surface area (Å²) in [7, 11) is -5.84. The van der Waals surface area contributed by atoms with Crippen LogP contribution in [0.1, 0.15) is 24.5 Å². The summed E-state index contributed by atoms with van der Waals surface area (Å²) >= 11 is 6.33. The molecule has 0 aliphatic rings. The maximum Gasteiger partial charge on any atom is 0.522 e. The Labute approximate surface area is 195 Å². The molecule has 0 bridgehead atoms. The molecule has 1 aromatic heterocycles. The van der Waals surface area contributed by atoms with E-state index < -0.39 is 15.6 Å². The fraction of sp³-hybridized carbons (Fsp3) is 0.261. The molecule has 3 rings (SSSR count). The SMILES string of the molecule is CCn1ccc(=Nc2cccc(CCCc3ccccc3)c2)c(Cl)c1.O=S(=O)(O)C(F)(F)F. The molecular weight excluding hydrogens is 477 g/mol.